The summed E-state index contributed by atoms with van der Waals surface area (Å²) in [6.07, 6.45) is 7.27. The van der Waals surface area contributed by atoms with Crippen molar-refractivity contribution in [3.63, 3.8) is 0 Å². The van der Waals surface area contributed by atoms with E-state index in [2.05, 4.69) is 68.6 Å². The van der Waals surface area contributed by atoms with Gasteiger partial charge in [-0.25, -0.2) is 0 Å². The zero-order chi connectivity index (χ0) is 33.2. The number of nitrogens with zero attached hydrogens (tertiary/aromatic N) is 6. The molecule has 2 amide bonds. The van der Waals surface area contributed by atoms with Crippen molar-refractivity contribution in [2.75, 3.05) is 26.2 Å². The number of amides is 2. The summed E-state index contributed by atoms with van der Waals surface area (Å²) in [5.41, 5.74) is 2.32. The van der Waals surface area contributed by atoms with Crippen LogP contribution in [0.5, 0.6) is 0 Å². The molecule has 2 aromatic carbocycles. The van der Waals surface area contributed by atoms with Gasteiger partial charge in [-0.1, -0.05) is 71.0 Å². The third-order valence-electron chi connectivity index (χ3n) is 14.4. The standard InChI is InChI=1S/C40H42N6O4/c47-37(45-19-17-25(21-45)35-41-27(43-49-35)15-7-13-23-9-3-1-4-10-23)39-29-32-30(39)34-31(39)33(29)40(32,34)38(48)46-20-18-26(22-46)36-42-28(44-50-36)16-8-14-24-11-5-2-6-12-24/h1-6,9-12,25-26,29-34H,7-8,13-22H2/t25-,26-,29?,30?,31?,32?,33?,34?,39?,40?/m1/s1. The van der Waals surface area contributed by atoms with Gasteiger partial charge in [0.1, 0.15) is 0 Å². The lowest BCUT2D eigenvalue weighted by Gasteiger charge is -3.09. The monoisotopic (exact) mass is 670 g/mol. The van der Waals surface area contributed by atoms with Gasteiger partial charge in [-0.3, -0.25) is 9.59 Å². The fourth-order valence-corrected chi connectivity index (χ4v) is 12.5. The normalized spacial score (nSPS) is 36.2. The van der Waals surface area contributed by atoms with Crippen LogP contribution in [0.15, 0.2) is 69.7 Å². The van der Waals surface area contributed by atoms with Crippen LogP contribution in [0.3, 0.4) is 0 Å². The zero-order valence-electron chi connectivity index (χ0n) is 28.2. The van der Waals surface area contributed by atoms with Gasteiger partial charge in [0, 0.05) is 39.0 Å². The van der Waals surface area contributed by atoms with Crippen LogP contribution in [0.4, 0.5) is 0 Å². The highest BCUT2D eigenvalue weighted by atomic mass is 16.5. The summed E-state index contributed by atoms with van der Waals surface area (Å²) < 4.78 is 11.4. The third kappa shape index (κ3) is 3.64. The highest BCUT2D eigenvalue weighted by molar-refractivity contribution is 6.00. The Labute approximate surface area is 291 Å². The summed E-state index contributed by atoms with van der Waals surface area (Å²) >= 11 is 0. The molecular formula is C40H42N6O4. The maximum atomic E-state index is 14.1. The van der Waals surface area contributed by atoms with E-state index in [4.69, 9.17) is 19.0 Å². The molecule has 2 atom stereocenters. The molecule has 2 saturated heterocycles. The lowest BCUT2D eigenvalue weighted by atomic mass is 8.92. The second kappa shape index (κ2) is 10.6. The summed E-state index contributed by atoms with van der Waals surface area (Å²) in [4.78, 5) is 41.8. The Hall–Kier alpha value is -4.34. The second-order valence-electron chi connectivity index (χ2n) is 16.3. The highest BCUT2D eigenvalue weighted by Gasteiger charge is 3.13. The van der Waals surface area contributed by atoms with E-state index >= 15 is 0 Å². The van der Waals surface area contributed by atoms with Crippen molar-refractivity contribution in [2.45, 2.75) is 63.2 Å². The van der Waals surface area contributed by atoms with Gasteiger partial charge in [-0.05, 0) is 85.2 Å². The molecule has 2 aliphatic heterocycles. The molecule has 12 rings (SSSR count). The average Bonchev–Trinajstić information content (AvgIpc) is 3.99. The lowest BCUT2D eigenvalue weighted by Crippen LogP contribution is -3.12. The van der Waals surface area contributed by atoms with Crippen molar-refractivity contribution >= 4 is 11.8 Å². The fourth-order valence-electron chi connectivity index (χ4n) is 12.5. The van der Waals surface area contributed by atoms with Gasteiger partial charge in [-0.15, -0.1) is 0 Å². The number of likely N-dealkylation sites (tertiary alicyclic amines) is 2. The van der Waals surface area contributed by atoms with Crippen LogP contribution in [0.2, 0.25) is 0 Å². The SMILES string of the molecule is O=C(N1CC[C@@H](c2nc(CCCc3ccccc3)no2)C1)C12C3C4C1C1C2C3C41C(=O)N1CC[C@@H](c2nc(CCCc3ccccc3)no2)C1. The lowest BCUT2D eigenvalue weighted by molar-refractivity contribution is -0.626. The summed E-state index contributed by atoms with van der Waals surface area (Å²) in [7, 11) is 0. The zero-order valence-corrected chi connectivity index (χ0v) is 28.2. The molecule has 10 heteroatoms. The van der Waals surface area contributed by atoms with Crippen molar-refractivity contribution in [2.24, 2.45) is 46.3 Å². The molecule has 4 heterocycles. The van der Waals surface area contributed by atoms with Gasteiger partial charge < -0.3 is 18.8 Å². The fraction of sp³-hybridized carbons (Fsp3) is 0.550. The van der Waals surface area contributed by atoms with Crippen LogP contribution in [0.1, 0.15) is 72.1 Å². The van der Waals surface area contributed by atoms with E-state index in [1.54, 1.807) is 0 Å². The molecule has 256 valence electrons. The number of aromatic nitrogens is 4. The molecule has 2 aromatic heterocycles. The van der Waals surface area contributed by atoms with Crippen LogP contribution in [0.25, 0.3) is 0 Å². The summed E-state index contributed by atoms with van der Waals surface area (Å²) in [6.45, 7) is 2.85. The minimum absolute atomic E-state index is 0.113. The smallest absolute Gasteiger partial charge is 0.231 e. The Kier molecular flexibility index (Phi) is 6.23. The largest absolute Gasteiger partial charge is 0.341 e. The molecule has 6 aliphatic carbocycles. The average molecular weight is 671 g/mol. The molecule has 4 aromatic rings. The van der Waals surface area contributed by atoms with Crippen molar-refractivity contribution in [1.82, 2.24) is 30.1 Å². The predicted molar refractivity (Wildman–Crippen MR) is 179 cm³/mol. The number of hydrogen-bond donors (Lipinski definition) is 0. The van der Waals surface area contributed by atoms with Gasteiger partial charge in [-0.2, -0.15) is 9.97 Å². The van der Waals surface area contributed by atoms with E-state index in [0.29, 0.717) is 72.2 Å². The number of carbonyl (C=O) groups is 2. The first-order valence-electron chi connectivity index (χ1n) is 18.9. The van der Waals surface area contributed by atoms with E-state index in [1.165, 1.54) is 11.1 Å². The van der Waals surface area contributed by atoms with E-state index in [1.807, 2.05) is 12.1 Å². The van der Waals surface area contributed by atoms with Gasteiger partial charge in [0.15, 0.2) is 11.6 Å². The first kappa shape index (κ1) is 29.4. The number of hydrogen-bond acceptors (Lipinski definition) is 8. The molecule has 0 N–H and O–H groups in total. The number of benzene rings is 2. The van der Waals surface area contributed by atoms with Crippen LogP contribution in [-0.2, 0) is 35.3 Å². The molecule has 10 nitrogen and oxygen atoms in total. The molecule has 0 bridgehead atoms. The van der Waals surface area contributed by atoms with Gasteiger partial charge in [0.05, 0.1) is 22.7 Å². The molecule has 50 heavy (non-hydrogen) atoms. The van der Waals surface area contributed by atoms with E-state index < -0.39 is 0 Å². The topological polar surface area (TPSA) is 118 Å². The molecular weight excluding hydrogens is 628 g/mol. The van der Waals surface area contributed by atoms with Gasteiger partial charge in [0.25, 0.3) is 0 Å². The third-order valence-corrected chi connectivity index (χ3v) is 14.4. The summed E-state index contributed by atoms with van der Waals surface area (Å²) in [6, 6.07) is 21.0. The quantitative estimate of drug-likeness (QED) is 0.210. The van der Waals surface area contributed by atoms with E-state index in [9.17, 15) is 9.59 Å². The van der Waals surface area contributed by atoms with Crippen molar-refractivity contribution in [3.8, 4) is 0 Å². The van der Waals surface area contributed by atoms with Crippen LogP contribution in [0, 0.1) is 46.3 Å². The maximum Gasteiger partial charge on any atom is 0.231 e. The predicted octanol–water partition coefficient (Wildman–Crippen LogP) is 4.87. The Morgan fingerprint density at radius 1 is 0.600 bits per heavy atom. The van der Waals surface area contributed by atoms with Crippen molar-refractivity contribution < 1.29 is 18.6 Å². The summed E-state index contributed by atoms with van der Waals surface area (Å²) in [5.74, 6) is 6.34. The Morgan fingerprint density at radius 2 is 1.00 bits per heavy atom. The molecule has 0 unspecified atom stereocenters. The number of carbonyl (C=O) groups excluding carboxylic acids is 2. The Balaban J connectivity index is 0.675. The van der Waals surface area contributed by atoms with Crippen LogP contribution in [-0.4, -0.2) is 68.1 Å². The Bertz CT molecular complexity index is 1780. The van der Waals surface area contributed by atoms with Gasteiger partial charge in [0.2, 0.25) is 23.6 Å². The van der Waals surface area contributed by atoms with Crippen molar-refractivity contribution in [3.05, 3.63) is 95.2 Å². The van der Waals surface area contributed by atoms with Crippen LogP contribution >= 0.6 is 0 Å². The first-order chi connectivity index (χ1) is 24.6. The van der Waals surface area contributed by atoms with E-state index in [-0.39, 0.29) is 22.7 Å². The van der Waals surface area contributed by atoms with Crippen LogP contribution < -0.4 is 0 Å². The molecule has 8 fully saturated rings. The Morgan fingerprint density at radius 3 is 1.40 bits per heavy atom. The molecule has 0 radical (unpaired) electrons. The number of rotatable bonds is 12. The first-order valence-corrected chi connectivity index (χ1v) is 18.9. The molecule has 6 saturated carbocycles. The minimum Gasteiger partial charge on any atom is -0.341 e. The summed E-state index contributed by atoms with van der Waals surface area (Å²) in [5, 5.41) is 8.52. The maximum absolute atomic E-state index is 14.1. The van der Waals surface area contributed by atoms with E-state index in [0.717, 1.165) is 76.1 Å². The molecule has 0 spiro atoms. The van der Waals surface area contributed by atoms with Crippen molar-refractivity contribution in [1.29, 1.82) is 0 Å². The highest BCUT2D eigenvalue weighted by Crippen LogP contribution is 3.10. The van der Waals surface area contributed by atoms with Gasteiger partial charge >= 0.3 is 0 Å². The minimum atomic E-state index is -0.164. The molecule has 8 aliphatic rings. The number of aryl methyl sites for hydroxylation is 4. The second-order valence-corrected chi connectivity index (χ2v) is 16.3.